The zero-order valence-corrected chi connectivity index (χ0v) is 14.1. The van der Waals surface area contributed by atoms with Crippen LogP contribution < -0.4 is 5.32 Å². The van der Waals surface area contributed by atoms with E-state index < -0.39 is 5.97 Å². The van der Waals surface area contributed by atoms with Crippen LogP contribution in [-0.4, -0.2) is 23.0 Å². The number of amides is 1. The fourth-order valence-electron chi connectivity index (χ4n) is 4.31. The average Bonchev–Trinajstić information content (AvgIpc) is 3.05. The normalized spacial score (nSPS) is 30.0. The van der Waals surface area contributed by atoms with Crippen molar-refractivity contribution in [2.75, 3.05) is 0 Å². The van der Waals surface area contributed by atoms with Gasteiger partial charge in [0.2, 0.25) is 5.91 Å². The summed E-state index contributed by atoms with van der Waals surface area (Å²) in [4.78, 5) is 23.2. The first-order valence-electron chi connectivity index (χ1n) is 9.19. The van der Waals surface area contributed by atoms with Gasteiger partial charge in [-0.05, 0) is 62.3 Å². The monoisotopic (exact) mass is 329 g/mol. The number of hydrogen-bond donors (Lipinski definition) is 2. The van der Waals surface area contributed by atoms with Crippen molar-refractivity contribution in [1.29, 1.82) is 0 Å². The lowest BCUT2D eigenvalue weighted by atomic mass is 9.77. The van der Waals surface area contributed by atoms with Crippen LogP contribution in [0.4, 0.5) is 0 Å². The SMILES string of the molecule is O=C(CC1CCC(c2ccccc2)CC1)N[C@H]1CC[C@@H](C(=O)O)C1. The molecule has 2 fully saturated rings. The molecule has 2 N–H and O–H groups in total. The van der Waals surface area contributed by atoms with Gasteiger partial charge in [-0.25, -0.2) is 0 Å². The van der Waals surface area contributed by atoms with E-state index in [1.54, 1.807) is 0 Å². The summed E-state index contributed by atoms with van der Waals surface area (Å²) in [7, 11) is 0. The molecule has 0 aromatic heterocycles. The number of carbonyl (C=O) groups excluding carboxylic acids is 1. The number of carboxylic acids is 1. The molecular formula is C20H27NO3. The molecule has 0 aliphatic heterocycles. The van der Waals surface area contributed by atoms with Crippen molar-refractivity contribution in [2.24, 2.45) is 11.8 Å². The topological polar surface area (TPSA) is 66.4 Å². The van der Waals surface area contributed by atoms with E-state index in [1.165, 1.54) is 5.56 Å². The Morgan fingerprint density at radius 2 is 1.71 bits per heavy atom. The first-order chi connectivity index (χ1) is 11.6. The highest BCUT2D eigenvalue weighted by atomic mass is 16.4. The molecule has 0 radical (unpaired) electrons. The fourth-order valence-corrected chi connectivity index (χ4v) is 4.31. The first kappa shape index (κ1) is 17.0. The van der Waals surface area contributed by atoms with Crippen LogP contribution in [0, 0.1) is 11.8 Å². The minimum absolute atomic E-state index is 0.0549. The van der Waals surface area contributed by atoms with E-state index in [1.807, 2.05) is 0 Å². The third kappa shape index (κ3) is 4.37. The number of benzene rings is 1. The number of carboxylic acid groups (broad SMARTS) is 1. The van der Waals surface area contributed by atoms with Gasteiger partial charge in [0, 0.05) is 12.5 Å². The van der Waals surface area contributed by atoms with Gasteiger partial charge in [-0.2, -0.15) is 0 Å². The van der Waals surface area contributed by atoms with Crippen LogP contribution in [0.3, 0.4) is 0 Å². The van der Waals surface area contributed by atoms with E-state index in [4.69, 9.17) is 5.11 Å². The lowest BCUT2D eigenvalue weighted by Crippen LogP contribution is -2.34. The number of carbonyl (C=O) groups is 2. The van der Waals surface area contributed by atoms with Crippen molar-refractivity contribution in [3.05, 3.63) is 35.9 Å². The molecule has 130 valence electrons. The minimum Gasteiger partial charge on any atom is -0.481 e. The molecule has 24 heavy (non-hydrogen) atoms. The van der Waals surface area contributed by atoms with E-state index in [0.29, 0.717) is 31.1 Å². The molecule has 2 saturated carbocycles. The number of aliphatic carboxylic acids is 1. The Bertz CT molecular complexity index is 564. The highest BCUT2D eigenvalue weighted by Crippen LogP contribution is 2.37. The van der Waals surface area contributed by atoms with Crippen LogP contribution in [0.2, 0.25) is 0 Å². The molecule has 1 aromatic rings. The van der Waals surface area contributed by atoms with Crippen LogP contribution in [0.15, 0.2) is 30.3 Å². The highest BCUT2D eigenvalue weighted by molar-refractivity contribution is 5.77. The van der Waals surface area contributed by atoms with Crippen LogP contribution >= 0.6 is 0 Å². The second-order valence-corrected chi connectivity index (χ2v) is 7.45. The Labute approximate surface area is 143 Å². The molecule has 2 aliphatic carbocycles. The summed E-state index contributed by atoms with van der Waals surface area (Å²) >= 11 is 0. The Balaban J connectivity index is 1.40. The molecule has 0 unspecified atom stereocenters. The number of hydrogen-bond acceptors (Lipinski definition) is 2. The van der Waals surface area contributed by atoms with Crippen LogP contribution in [-0.2, 0) is 9.59 Å². The van der Waals surface area contributed by atoms with Crippen molar-refractivity contribution in [3.8, 4) is 0 Å². The fraction of sp³-hybridized carbons (Fsp3) is 0.600. The van der Waals surface area contributed by atoms with Crippen LogP contribution in [0.5, 0.6) is 0 Å². The summed E-state index contributed by atoms with van der Waals surface area (Å²) in [5.41, 5.74) is 1.42. The highest BCUT2D eigenvalue weighted by Gasteiger charge is 2.31. The van der Waals surface area contributed by atoms with Crippen molar-refractivity contribution in [2.45, 2.75) is 63.3 Å². The minimum atomic E-state index is -0.731. The maximum atomic E-state index is 12.2. The summed E-state index contributed by atoms with van der Waals surface area (Å²) < 4.78 is 0. The number of nitrogens with one attached hydrogen (secondary N) is 1. The molecule has 0 saturated heterocycles. The predicted octanol–water partition coefficient (Wildman–Crippen LogP) is 3.72. The van der Waals surface area contributed by atoms with Crippen molar-refractivity contribution < 1.29 is 14.7 Å². The lowest BCUT2D eigenvalue weighted by molar-refractivity contribution is -0.141. The van der Waals surface area contributed by atoms with Crippen molar-refractivity contribution in [1.82, 2.24) is 5.32 Å². The van der Waals surface area contributed by atoms with E-state index in [9.17, 15) is 9.59 Å². The van der Waals surface area contributed by atoms with Gasteiger partial charge < -0.3 is 10.4 Å². The molecule has 4 nitrogen and oxygen atoms in total. The zero-order chi connectivity index (χ0) is 16.9. The molecule has 1 amide bonds. The maximum Gasteiger partial charge on any atom is 0.306 e. The van der Waals surface area contributed by atoms with E-state index >= 15 is 0 Å². The van der Waals surface area contributed by atoms with Gasteiger partial charge in [0.25, 0.3) is 0 Å². The van der Waals surface area contributed by atoms with E-state index in [0.717, 1.165) is 32.1 Å². The quantitative estimate of drug-likeness (QED) is 0.865. The Morgan fingerprint density at radius 3 is 2.33 bits per heavy atom. The average molecular weight is 329 g/mol. The molecule has 0 heterocycles. The van der Waals surface area contributed by atoms with Gasteiger partial charge in [-0.15, -0.1) is 0 Å². The molecule has 0 spiro atoms. The van der Waals surface area contributed by atoms with Gasteiger partial charge in [0.1, 0.15) is 0 Å². The van der Waals surface area contributed by atoms with Crippen LogP contribution in [0.1, 0.15) is 62.8 Å². The molecule has 3 rings (SSSR count). The summed E-state index contributed by atoms with van der Waals surface area (Å²) in [5, 5.41) is 12.1. The van der Waals surface area contributed by atoms with Gasteiger partial charge in [0.05, 0.1) is 5.92 Å². The Kier molecular flexibility index (Phi) is 5.54. The molecule has 2 atom stereocenters. The zero-order valence-electron chi connectivity index (χ0n) is 14.1. The Hall–Kier alpha value is -1.84. The van der Waals surface area contributed by atoms with Gasteiger partial charge in [-0.3, -0.25) is 9.59 Å². The molecule has 0 bridgehead atoms. The predicted molar refractivity (Wildman–Crippen MR) is 92.7 cm³/mol. The second-order valence-electron chi connectivity index (χ2n) is 7.45. The standard InChI is InChI=1S/C20H27NO3/c22-19(21-18-11-10-17(13-18)20(23)24)12-14-6-8-16(9-7-14)15-4-2-1-3-5-15/h1-5,14,16-18H,6-13H2,(H,21,22)(H,23,24)/t14?,16?,17-,18+/m1/s1. The van der Waals surface area contributed by atoms with Gasteiger partial charge in [-0.1, -0.05) is 30.3 Å². The molecular weight excluding hydrogens is 302 g/mol. The third-order valence-corrected chi connectivity index (χ3v) is 5.74. The summed E-state index contributed by atoms with van der Waals surface area (Å²) in [6.45, 7) is 0. The maximum absolute atomic E-state index is 12.2. The summed E-state index contributed by atoms with van der Waals surface area (Å²) in [6, 6.07) is 10.7. The third-order valence-electron chi connectivity index (χ3n) is 5.74. The van der Waals surface area contributed by atoms with Gasteiger partial charge >= 0.3 is 5.97 Å². The second kappa shape index (κ2) is 7.82. The summed E-state index contributed by atoms with van der Waals surface area (Å²) in [6.07, 6.45) is 7.19. The largest absolute Gasteiger partial charge is 0.481 e. The van der Waals surface area contributed by atoms with Crippen molar-refractivity contribution >= 4 is 11.9 Å². The van der Waals surface area contributed by atoms with Crippen molar-refractivity contribution in [3.63, 3.8) is 0 Å². The van der Waals surface area contributed by atoms with E-state index in [-0.39, 0.29) is 17.9 Å². The summed E-state index contributed by atoms with van der Waals surface area (Å²) in [5.74, 6) is 0.204. The number of rotatable bonds is 5. The molecule has 1 aromatic carbocycles. The lowest BCUT2D eigenvalue weighted by Gasteiger charge is -2.28. The van der Waals surface area contributed by atoms with Crippen LogP contribution in [0.25, 0.3) is 0 Å². The molecule has 2 aliphatic rings. The first-order valence-corrected chi connectivity index (χ1v) is 9.19. The van der Waals surface area contributed by atoms with E-state index in [2.05, 4.69) is 35.6 Å². The van der Waals surface area contributed by atoms with Gasteiger partial charge in [0.15, 0.2) is 0 Å². The molecule has 4 heteroatoms. The smallest absolute Gasteiger partial charge is 0.306 e. The Morgan fingerprint density at radius 1 is 1.00 bits per heavy atom.